The van der Waals surface area contributed by atoms with E-state index in [1.54, 1.807) is 0 Å². The van der Waals surface area contributed by atoms with Crippen LogP contribution in [0.5, 0.6) is 0 Å². The summed E-state index contributed by atoms with van der Waals surface area (Å²) in [6.45, 7) is 5.92. The Morgan fingerprint density at radius 1 is 1.30 bits per heavy atom. The van der Waals surface area contributed by atoms with Crippen LogP contribution in [0, 0.1) is 12.8 Å². The zero-order valence-electron chi connectivity index (χ0n) is 13.8. The van der Waals surface area contributed by atoms with Gasteiger partial charge < -0.3 is 15.4 Å². The minimum atomic E-state index is -0.977. The van der Waals surface area contributed by atoms with E-state index in [1.807, 2.05) is 45.2 Å². The number of H-pyrrole nitrogens is 1. The maximum atomic E-state index is 12.1. The molecule has 0 aliphatic rings. The Bertz CT molecular complexity index is 703. The average Bonchev–Trinajstić information content (AvgIpc) is 2.88. The van der Waals surface area contributed by atoms with Crippen molar-refractivity contribution in [2.24, 2.45) is 5.92 Å². The quantitative estimate of drug-likeness (QED) is 0.734. The average molecular weight is 316 g/mol. The Labute approximate surface area is 136 Å². The van der Waals surface area contributed by atoms with E-state index < -0.39 is 12.0 Å². The molecule has 1 unspecified atom stereocenters. The topological polar surface area (TPSA) is 82.2 Å². The molecule has 2 rings (SSSR count). The zero-order valence-corrected chi connectivity index (χ0v) is 13.8. The summed E-state index contributed by atoms with van der Waals surface area (Å²) in [7, 11) is 0. The fourth-order valence-corrected chi connectivity index (χ4v) is 2.78. The number of carbonyl (C=O) groups is 2. The van der Waals surface area contributed by atoms with E-state index in [0.717, 1.165) is 16.5 Å². The molecule has 0 spiro atoms. The van der Waals surface area contributed by atoms with Crippen molar-refractivity contribution in [3.05, 3.63) is 35.5 Å². The van der Waals surface area contributed by atoms with Gasteiger partial charge in [0.2, 0.25) is 5.91 Å². The molecule has 0 aliphatic carbocycles. The molecule has 0 bridgehead atoms. The lowest BCUT2D eigenvalue weighted by atomic mass is 10.0. The van der Waals surface area contributed by atoms with Gasteiger partial charge in [-0.1, -0.05) is 32.0 Å². The summed E-state index contributed by atoms with van der Waals surface area (Å²) in [5.74, 6) is -0.984. The lowest BCUT2D eigenvalue weighted by molar-refractivity contribution is -0.142. The second-order valence-corrected chi connectivity index (χ2v) is 6.40. The summed E-state index contributed by atoms with van der Waals surface area (Å²) < 4.78 is 0. The van der Waals surface area contributed by atoms with Crippen LogP contribution < -0.4 is 5.32 Å². The molecule has 1 aromatic carbocycles. The number of aliphatic carboxylic acids is 1. The van der Waals surface area contributed by atoms with Crippen LogP contribution in [0.15, 0.2) is 24.4 Å². The molecule has 1 amide bonds. The van der Waals surface area contributed by atoms with Gasteiger partial charge in [0.1, 0.15) is 6.04 Å². The number of hydrogen-bond acceptors (Lipinski definition) is 2. The van der Waals surface area contributed by atoms with Crippen molar-refractivity contribution in [1.29, 1.82) is 0 Å². The molecular formula is C18H24N2O3. The van der Waals surface area contributed by atoms with Gasteiger partial charge in [0.05, 0.1) is 0 Å². The van der Waals surface area contributed by atoms with E-state index in [9.17, 15) is 14.7 Å². The second kappa shape index (κ2) is 7.31. The van der Waals surface area contributed by atoms with Crippen LogP contribution in [0.1, 0.15) is 37.8 Å². The summed E-state index contributed by atoms with van der Waals surface area (Å²) in [6, 6.07) is 5.26. The Hall–Kier alpha value is -2.30. The molecule has 23 heavy (non-hydrogen) atoms. The predicted octanol–water partition coefficient (Wildman–Crippen LogP) is 3.02. The Morgan fingerprint density at radius 3 is 2.70 bits per heavy atom. The van der Waals surface area contributed by atoms with Gasteiger partial charge in [0.25, 0.3) is 0 Å². The predicted molar refractivity (Wildman–Crippen MR) is 90.4 cm³/mol. The number of aromatic nitrogens is 1. The largest absolute Gasteiger partial charge is 0.480 e. The van der Waals surface area contributed by atoms with Crippen molar-refractivity contribution >= 4 is 22.8 Å². The molecule has 2 aromatic rings. The maximum Gasteiger partial charge on any atom is 0.326 e. The number of carboxylic acids is 1. The summed E-state index contributed by atoms with van der Waals surface area (Å²) in [6.07, 6.45) is 3.23. The number of fused-ring (bicyclic) bond motifs is 1. The zero-order chi connectivity index (χ0) is 17.0. The molecule has 1 aromatic heterocycles. The van der Waals surface area contributed by atoms with Crippen LogP contribution in [0.25, 0.3) is 10.9 Å². The first kappa shape index (κ1) is 17.1. The highest BCUT2D eigenvalue weighted by atomic mass is 16.4. The summed E-state index contributed by atoms with van der Waals surface area (Å²) in [4.78, 5) is 26.5. The van der Waals surface area contributed by atoms with E-state index in [4.69, 9.17) is 0 Å². The highest BCUT2D eigenvalue weighted by molar-refractivity contribution is 5.87. The van der Waals surface area contributed by atoms with Gasteiger partial charge in [-0.25, -0.2) is 4.79 Å². The van der Waals surface area contributed by atoms with Gasteiger partial charge in [-0.2, -0.15) is 0 Å². The number of para-hydroxylation sites is 1. The third-order valence-electron chi connectivity index (χ3n) is 3.97. The molecular weight excluding hydrogens is 292 g/mol. The van der Waals surface area contributed by atoms with E-state index in [1.165, 1.54) is 5.56 Å². The van der Waals surface area contributed by atoms with E-state index in [2.05, 4.69) is 10.3 Å². The first-order valence-corrected chi connectivity index (χ1v) is 7.96. The van der Waals surface area contributed by atoms with Crippen molar-refractivity contribution in [1.82, 2.24) is 10.3 Å². The van der Waals surface area contributed by atoms with Gasteiger partial charge >= 0.3 is 5.97 Å². The molecule has 1 atom stereocenters. The lowest BCUT2D eigenvalue weighted by Crippen LogP contribution is -2.41. The number of benzene rings is 1. The van der Waals surface area contributed by atoms with Crippen LogP contribution in [-0.4, -0.2) is 28.0 Å². The molecule has 3 N–H and O–H groups in total. The van der Waals surface area contributed by atoms with Crippen molar-refractivity contribution in [3.8, 4) is 0 Å². The maximum absolute atomic E-state index is 12.1. The third-order valence-corrected chi connectivity index (χ3v) is 3.97. The van der Waals surface area contributed by atoms with Crippen LogP contribution in [0.4, 0.5) is 0 Å². The van der Waals surface area contributed by atoms with Crippen molar-refractivity contribution in [3.63, 3.8) is 0 Å². The van der Waals surface area contributed by atoms with Gasteiger partial charge in [-0.3, -0.25) is 4.79 Å². The number of carbonyl (C=O) groups excluding carboxylic acids is 1. The Balaban J connectivity index is 1.98. The van der Waals surface area contributed by atoms with Crippen molar-refractivity contribution < 1.29 is 14.7 Å². The number of nitrogens with one attached hydrogen (secondary N) is 2. The monoisotopic (exact) mass is 316 g/mol. The number of rotatable bonds is 7. The number of aryl methyl sites for hydroxylation is 2. The van der Waals surface area contributed by atoms with Gasteiger partial charge in [-0.15, -0.1) is 0 Å². The molecule has 5 heteroatoms. The third kappa shape index (κ3) is 4.34. The minimum Gasteiger partial charge on any atom is -0.480 e. The first-order chi connectivity index (χ1) is 10.9. The minimum absolute atomic E-state index is 0.216. The molecule has 0 saturated carbocycles. The lowest BCUT2D eigenvalue weighted by Gasteiger charge is -2.16. The first-order valence-electron chi connectivity index (χ1n) is 7.96. The number of aromatic amines is 1. The van der Waals surface area contributed by atoms with Crippen molar-refractivity contribution in [2.45, 2.75) is 46.1 Å². The molecule has 0 aliphatic heterocycles. The van der Waals surface area contributed by atoms with Crippen LogP contribution in [-0.2, 0) is 16.0 Å². The number of carboxylic acid groups (broad SMARTS) is 1. The normalized spacial score (nSPS) is 12.5. The standard InChI is InChI=1S/C18H24N2O3/c1-11(2)9-15(18(22)23)20-16(21)8-7-13-10-19-17-12(3)5-4-6-14(13)17/h4-6,10-11,15,19H,7-9H2,1-3H3,(H,20,21)(H,22,23). The summed E-state index contributed by atoms with van der Waals surface area (Å²) in [5, 5.41) is 12.9. The Kier molecular flexibility index (Phi) is 5.42. The summed E-state index contributed by atoms with van der Waals surface area (Å²) in [5.41, 5.74) is 3.33. The SMILES string of the molecule is Cc1cccc2c(CCC(=O)NC(CC(C)C)C(=O)O)c[nH]c12. The van der Waals surface area contributed by atoms with Gasteiger partial charge in [-0.05, 0) is 36.8 Å². The van der Waals surface area contributed by atoms with E-state index in [0.29, 0.717) is 12.8 Å². The van der Waals surface area contributed by atoms with E-state index >= 15 is 0 Å². The highest BCUT2D eigenvalue weighted by Crippen LogP contribution is 2.22. The molecule has 1 heterocycles. The van der Waals surface area contributed by atoms with Crippen LogP contribution in [0.3, 0.4) is 0 Å². The Morgan fingerprint density at radius 2 is 2.04 bits per heavy atom. The van der Waals surface area contributed by atoms with Crippen molar-refractivity contribution in [2.75, 3.05) is 0 Å². The molecule has 5 nitrogen and oxygen atoms in total. The summed E-state index contributed by atoms with van der Waals surface area (Å²) >= 11 is 0. The van der Waals surface area contributed by atoms with E-state index in [-0.39, 0.29) is 18.2 Å². The highest BCUT2D eigenvalue weighted by Gasteiger charge is 2.21. The number of amides is 1. The molecule has 0 fully saturated rings. The van der Waals surface area contributed by atoms with Crippen LogP contribution >= 0.6 is 0 Å². The van der Waals surface area contributed by atoms with Gasteiger partial charge in [0.15, 0.2) is 0 Å². The van der Waals surface area contributed by atoms with Crippen LogP contribution in [0.2, 0.25) is 0 Å². The molecule has 0 radical (unpaired) electrons. The smallest absolute Gasteiger partial charge is 0.326 e. The number of hydrogen-bond donors (Lipinski definition) is 3. The fraction of sp³-hybridized carbons (Fsp3) is 0.444. The molecule has 0 saturated heterocycles. The fourth-order valence-electron chi connectivity index (χ4n) is 2.78. The molecule has 124 valence electrons. The second-order valence-electron chi connectivity index (χ2n) is 6.40. The van der Waals surface area contributed by atoms with Gasteiger partial charge in [0, 0.05) is 23.5 Å².